The van der Waals surface area contributed by atoms with Crippen molar-refractivity contribution in [1.29, 1.82) is 0 Å². The van der Waals surface area contributed by atoms with Crippen molar-refractivity contribution in [3.63, 3.8) is 0 Å². The zero-order valence-electron chi connectivity index (χ0n) is 14.6. The van der Waals surface area contributed by atoms with Gasteiger partial charge in [0.2, 0.25) is 0 Å². The number of ether oxygens (including phenoxy) is 2. The minimum atomic E-state index is -0.442. The molecule has 0 unspecified atom stereocenters. The van der Waals surface area contributed by atoms with E-state index in [0.29, 0.717) is 22.1 Å². The minimum absolute atomic E-state index is 0.208. The van der Waals surface area contributed by atoms with E-state index < -0.39 is 12.0 Å². The monoisotopic (exact) mass is 368 g/mol. The van der Waals surface area contributed by atoms with Crippen LogP contribution in [0.4, 0.5) is 0 Å². The van der Waals surface area contributed by atoms with E-state index in [-0.39, 0.29) is 6.61 Å². The molecule has 0 spiro atoms. The summed E-state index contributed by atoms with van der Waals surface area (Å²) < 4.78 is 11.0. The van der Waals surface area contributed by atoms with Crippen molar-refractivity contribution < 1.29 is 14.3 Å². The van der Waals surface area contributed by atoms with E-state index in [4.69, 9.17) is 21.7 Å². The second kappa shape index (κ2) is 8.01. The Hall–Kier alpha value is -2.86. The molecule has 3 rings (SSSR count). The van der Waals surface area contributed by atoms with Crippen LogP contribution in [-0.4, -0.2) is 18.2 Å². The zero-order valence-corrected chi connectivity index (χ0v) is 15.4. The van der Waals surface area contributed by atoms with Crippen molar-refractivity contribution in [2.45, 2.75) is 19.6 Å². The van der Waals surface area contributed by atoms with Crippen molar-refractivity contribution in [3.05, 3.63) is 77.0 Å². The lowest BCUT2D eigenvalue weighted by Crippen LogP contribution is -2.45. The number of hydrogen-bond donors (Lipinski definition) is 2. The number of esters is 1. The summed E-state index contributed by atoms with van der Waals surface area (Å²) >= 11 is 5.27. The van der Waals surface area contributed by atoms with E-state index in [1.165, 1.54) is 0 Å². The third-order valence-corrected chi connectivity index (χ3v) is 4.37. The van der Waals surface area contributed by atoms with E-state index in [1.54, 1.807) is 7.11 Å². The molecule has 0 bridgehead atoms. The van der Waals surface area contributed by atoms with Crippen LogP contribution in [0.5, 0.6) is 5.75 Å². The Bertz CT molecular complexity index is 849. The van der Waals surface area contributed by atoms with Crippen LogP contribution in [0.1, 0.15) is 24.1 Å². The van der Waals surface area contributed by atoms with E-state index >= 15 is 0 Å². The molecule has 134 valence electrons. The lowest BCUT2D eigenvalue weighted by molar-refractivity contribution is -0.140. The van der Waals surface area contributed by atoms with Gasteiger partial charge in [0.05, 0.1) is 18.7 Å². The van der Waals surface area contributed by atoms with Gasteiger partial charge in [0, 0.05) is 11.3 Å². The quantitative estimate of drug-likeness (QED) is 0.624. The summed E-state index contributed by atoms with van der Waals surface area (Å²) in [5.41, 5.74) is 2.91. The molecule has 0 amide bonds. The third kappa shape index (κ3) is 3.86. The molecular weight excluding hydrogens is 348 g/mol. The largest absolute Gasteiger partial charge is 0.496 e. The Morgan fingerprint density at radius 1 is 1.12 bits per heavy atom. The molecule has 2 aromatic carbocycles. The molecule has 1 aliphatic rings. The molecule has 1 aliphatic heterocycles. The van der Waals surface area contributed by atoms with Crippen molar-refractivity contribution in [2.75, 3.05) is 7.11 Å². The maximum atomic E-state index is 12.8. The standard InChI is InChI=1S/C20H20N2O3S/c1-13-17(19(23)25-12-14-8-4-3-5-9-14)18(22-20(26)21-13)15-10-6-7-11-16(15)24-2/h3-11,18H,12H2,1-2H3,(H2,21,22,26)/t18-/m1/s1. The summed E-state index contributed by atoms with van der Waals surface area (Å²) in [7, 11) is 1.60. The van der Waals surface area contributed by atoms with Crippen molar-refractivity contribution >= 4 is 23.3 Å². The number of para-hydroxylation sites is 1. The number of allylic oxidation sites excluding steroid dienone is 1. The lowest BCUT2D eigenvalue weighted by atomic mass is 9.95. The normalized spacial score (nSPS) is 16.5. The smallest absolute Gasteiger partial charge is 0.338 e. The Morgan fingerprint density at radius 3 is 2.54 bits per heavy atom. The molecule has 0 saturated heterocycles. The molecular formula is C20H20N2O3S. The molecule has 0 aliphatic carbocycles. The maximum absolute atomic E-state index is 12.8. The van der Waals surface area contributed by atoms with Crippen LogP contribution >= 0.6 is 12.2 Å². The first-order valence-electron chi connectivity index (χ1n) is 8.22. The van der Waals surface area contributed by atoms with Gasteiger partial charge < -0.3 is 20.1 Å². The Labute approximate surface area is 158 Å². The summed E-state index contributed by atoms with van der Waals surface area (Å²) in [5, 5.41) is 6.61. The predicted octanol–water partition coefficient (Wildman–Crippen LogP) is 3.23. The highest BCUT2D eigenvalue weighted by molar-refractivity contribution is 7.80. The third-order valence-electron chi connectivity index (χ3n) is 4.15. The fourth-order valence-corrected chi connectivity index (χ4v) is 3.17. The minimum Gasteiger partial charge on any atom is -0.496 e. The number of nitrogens with one attached hydrogen (secondary N) is 2. The van der Waals surface area contributed by atoms with Crippen LogP contribution in [0.3, 0.4) is 0 Å². The fourth-order valence-electron chi connectivity index (χ4n) is 2.90. The van der Waals surface area contributed by atoms with Gasteiger partial charge in [0.1, 0.15) is 12.4 Å². The number of thiocarbonyl (C=S) groups is 1. The summed E-state index contributed by atoms with van der Waals surface area (Å²) in [5.74, 6) is 0.278. The molecule has 1 atom stereocenters. The van der Waals surface area contributed by atoms with Crippen LogP contribution in [-0.2, 0) is 16.1 Å². The van der Waals surface area contributed by atoms with Crippen LogP contribution in [0, 0.1) is 0 Å². The van der Waals surface area contributed by atoms with Gasteiger partial charge in [-0.1, -0.05) is 48.5 Å². The second-order valence-electron chi connectivity index (χ2n) is 5.87. The average Bonchev–Trinajstić information content (AvgIpc) is 2.66. The Kier molecular flexibility index (Phi) is 5.53. The molecule has 26 heavy (non-hydrogen) atoms. The number of methoxy groups -OCH3 is 1. The Balaban J connectivity index is 1.89. The van der Waals surface area contributed by atoms with Gasteiger partial charge in [-0.05, 0) is 30.8 Å². The van der Waals surface area contributed by atoms with Crippen LogP contribution in [0.25, 0.3) is 0 Å². The summed E-state index contributed by atoms with van der Waals surface area (Å²) in [6, 6.07) is 16.7. The molecule has 5 nitrogen and oxygen atoms in total. The van der Waals surface area contributed by atoms with E-state index in [9.17, 15) is 4.79 Å². The van der Waals surface area contributed by atoms with Crippen molar-refractivity contribution in [3.8, 4) is 5.75 Å². The number of carbonyl (C=O) groups excluding carboxylic acids is 1. The van der Waals surface area contributed by atoms with Crippen molar-refractivity contribution in [1.82, 2.24) is 10.6 Å². The average molecular weight is 368 g/mol. The highest BCUT2D eigenvalue weighted by Crippen LogP contribution is 2.33. The molecule has 2 N–H and O–H groups in total. The predicted molar refractivity (Wildman–Crippen MR) is 104 cm³/mol. The summed E-state index contributed by atoms with van der Waals surface area (Å²) in [6.07, 6.45) is 0. The molecule has 6 heteroatoms. The lowest BCUT2D eigenvalue weighted by Gasteiger charge is -2.30. The number of carbonyl (C=O) groups is 1. The molecule has 0 aromatic heterocycles. The zero-order chi connectivity index (χ0) is 18.5. The fraction of sp³-hybridized carbons (Fsp3) is 0.200. The SMILES string of the molecule is COc1ccccc1[C@H]1NC(=S)NC(C)=C1C(=O)OCc1ccccc1. The van der Waals surface area contributed by atoms with E-state index in [0.717, 1.165) is 11.1 Å². The summed E-state index contributed by atoms with van der Waals surface area (Å²) in [4.78, 5) is 12.8. The van der Waals surface area contributed by atoms with Gasteiger partial charge >= 0.3 is 5.97 Å². The van der Waals surface area contributed by atoms with Crippen LogP contribution in [0.2, 0.25) is 0 Å². The highest BCUT2D eigenvalue weighted by Gasteiger charge is 2.32. The first kappa shape index (κ1) is 17.9. The maximum Gasteiger partial charge on any atom is 0.338 e. The molecule has 0 radical (unpaired) electrons. The second-order valence-corrected chi connectivity index (χ2v) is 6.28. The molecule has 0 fully saturated rings. The van der Waals surface area contributed by atoms with Gasteiger partial charge in [-0.3, -0.25) is 0 Å². The van der Waals surface area contributed by atoms with Gasteiger partial charge in [0.25, 0.3) is 0 Å². The highest BCUT2D eigenvalue weighted by atomic mass is 32.1. The number of rotatable bonds is 5. The van der Waals surface area contributed by atoms with Gasteiger partial charge in [-0.25, -0.2) is 4.79 Å². The van der Waals surface area contributed by atoms with Crippen LogP contribution in [0.15, 0.2) is 65.9 Å². The van der Waals surface area contributed by atoms with E-state index in [2.05, 4.69) is 10.6 Å². The van der Waals surface area contributed by atoms with Gasteiger partial charge in [-0.2, -0.15) is 0 Å². The molecule has 2 aromatic rings. The van der Waals surface area contributed by atoms with Gasteiger partial charge in [0.15, 0.2) is 5.11 Å². The van der Waals surface area contributed by atoms with Crippen molar-refractivity contribution in [2.24, 2.45) is 0 Å². The topological polar surface area (TPSA) is 59.6 Å². The molecule has 0 saturated carbocycles. The number of benzene rings is 2. The first-order chi connectivity index (χ1) is 12.6. The van der Waals surface area contributed by atoms with Gasteiger partial charge in [-0.15, -0.1) is 0 Å². The van der Waals surface area contributed by atoms with Crippen LogP contribution < -0.4 is 15.4 Å². The Morgan fingerprint density at radius 2 is 1.81 bits per heavy atom. The van der Waals surface area contributed by atoms with E-state index in [1.807, 2.05) is 61.5 Å². The molecule has 1 heterocycles. The first-order valence-corrected chi connectivity index (χ1v) is 8.63. The number of hydrogen-bond acceptors (Lipinski definition) is 4. The summed E-state index contributed by atoms with van der Waals surface area (Å²) in [6.45, 7) is 2.02.